The van der Waals surface area contributed by atoms with Gasteiger partial charge in [-0.1, -0.05) is 66.4 Å². The predicted octanol–water partition coefficient (Wildman–Crippen LogP) is 12.2. The molecule has 0 aliphatic heterocycles. The van der Waals surface area contributed by atoms with Crippen molar-refractivity contribution in [3.8, 4) is 11.5 Å². The number of rotatable bonds is 17. The van der Waals surface area contributed by atoms with Gasteiger partial charge in [0.2, 0.25) is 0 Å². The van der Waals surface area contributed by atoms with Crippen LogP contribution in [0.5, 0.6) is 11.5 Å². The van der Waals surface area contributed by atoms with E-state index in [0.29, 0.717) is 41.7 Å². The molecule has 4 aliphatic carbocycles. The second kappa shape index (κ2) is 17.8. The highest BCUT2D eigenvalue weighted by Crippen LogP contribution is 2.71. The quantitative estimate of drug-likeness (QED) is 0.0846. The van der Waals surface area contributed by atoms with Crippen LogP contribution in [0.3, 0.4) is 0 Å². The van der Waals surface area contributed by atoms with Gasteiger partial charge in [0.25, 0.3) is 0 Å². The van der Waals surface area contributed by atoms with Crippen LogP contribution in [0.4, 0.5) is 11.4 Å². The Kier molecular flexibility index (Phi) is 13.3. The zero-order chi connectivity index (χ0) is 38.5. The summed E-state index contributed by atoms with van der Waals surface area (Å²) in [5.74, 6) is 6.87. The van der Waals surface area contributed by atoms with Gasteiger partial charge < -0.3 is 26.0 Å². The SMILES string of the molecule is CC(C)CCC[C@@H](C)[C@H]1CC[C@H]2[C@@H]3CCC4CCCC(c5cc(/C=C/C(=O)O)ccc5OCCCCCCOc5ccc(N)cc5N)[C@]4(C)[C@H]3CC[C@]12C. The van der Waals surface area contributed by atoms with Crippen LogP contribution in [-0.4, -0.2) is 24.3 Å². The summed E-state index contributed by atoms with van der Waals surface area (Å²) in [5.41, 5.74) is 16.1. The molecule has 4 aliphatic rings. The maximum Gasteiger partial charge on any atom is 0.328 e. The van der Waals surface area contributed by atoms with E-state index in [1.807, 2.05) is 18.2 Å². The fraction of sp³-hybridized carbons (Fsp3) is 0.688. The molecule has 0 amide bonds. The van der Waals surface area contributed by atoms with Gasteiger partial charge in [-0.2, -0.15) is 0 Å². The van der Waals surface area contributed by atoms with Crippen LogP contribution in [-0.2, 0) is 4.79 Å². The molecule has 2 aromatic carbocycles. The minimum Gasteiger partial charge on any atom is -0.493 e. The van der Waals surface area contributed by atoms with Crippen molar-refractivity contribution >= 4 is 23.4 Å². The zero-order valence-electron chi connectivity index (χ0n) is 34.3. The molecular formula is C48H72N2O4. The number of carboxylic acid groups (broad SMARTS) is 1. The molecule has 0 aromatic heterocycles. The summed E-state index contributed by atoms with van der Waals surface area (Å²) in [7, 11) is 0. The van der Waals surface area contributed by atoms with Crippen LogP contribution in [0.2, 0.25) is 0 Å². The van der Waals surface area contributed by atoms with Crippen LogP contribution in [0, 0.1) is 52.3 Å². The summed E-state index contributed by atoms with van der Waals surface area (Å²) in [6.45, 7) is 14.0. The molecule has 54 heavy (non-hydrogen) atoms. The van der Waals surface area contributed by atoms with Crippen molar-refractivity contribution in [3.63, 3.8) is 0 Å². The number of nitrogens with two attached hydrogens (primary N) is 2. The van der Waals surface area contributed by atoms with Crippen LogP contribution in [0.25, 0.3) is 6.08 Å². The standard InChI is InChI=1S/C48H72N2O4/c1-32(2)12-10-13-33(3)39-21-22-40-37-20-18-35-14-11-15-41(48(35,5)42(37)26-27-47(39,40)4)38-30-34(17-25-46(51)52)16-23-44(38)53-28-8-6-7-9-29-54-45-24-19-36(49)31-43(45)50/h16-17,19,23-25,30-33,35,37,39-42H,6-15,18,20-22,26-29,49-50H2,1-5H3,(H,51,52)/b25-17+/t33-,35?,37+,39-,40+,41?,42+,47-,48-/m1/s1. The summed E-state index contributed by atoms with van der Waals surface area (Å²) in [4.78, 5) is 11.5. The normalized spacial score (nSPS) is 31.1. The van der Waals surface area contributed by atoms with Crippen LogP contribution in [0.1, 0.15) is 154 Å². The molecule has 6 rings (SSSR count). The Bertz CT molecular complexity index is 1590. The zero-order valence-corrected chi connectivity index (χ0v) is 34.3. The lowest BCUT2D eigenvalue weighted by Gasteiger charge is -2.63. The number of fused-ring (bicyclic) bond motifs is 5. The summed E-state index contributed by atoms with van der Waals surface area (Å²) >= 11 is 0. The van der Waals surface area contributed by atoms with Crippen molar-refractivity contribution < 1.29 is 19.4 Å². The van der Waals surface area contributed by atoms with Crippen molar-refractivity contribution in [1.29, 1.82) is 0 Å². The summed E-state index contributed by atoms with van der Waals surface area (Å²) in [5, 5.41) is 9.46. The first-order valence-corrected chi connectivity index (χ1v) is 21.9. The molecule has 0 heterocycles. The number of carboxylic acids is 1. The summed E-state index contributed by atoms with van der Waals surface area (Å²) in [6.07, 6.45) is 23.4. The fourth-order valence-electron chi connectivity index (χ4n) is 12.7. The van der Waals surface area contributed by atoms with Gasteiger partial charge >= 0.3 is 5.97 Å². The molecule has 4 fully saturated rings. The third kappa shape index (κ3) is 8.78. The van der Waals surface area contributed by atoms with E-state index in [4.69, 9.17) is 20.9 Å². The fourth-order valence-corrected chi connectivity index (χ4v) is 12.7. The number of unbranched alkanes of at least 4 members (excludes halogenated alkanes) is 3. The second-order valence-corrected chi connectivity index (χ2v) is 18.9. The topological polar surface area (TPSA) is 108 Å². The van der Waals surface area contributed by atoms with Crippen molar-refractivity contribution in [3.05, 3.63) is 53.6 Å². The number of hydrogen-bond acceptors (Lipinski definition) is 5. The highest BCUT2D eigenvalue weighted by atomic mass is 16.5. The van der Waals surface area contributed by atoms with Crippen molar-refractivity contribution in [1.82, 2.24) is 0 Å². The molecule has 6 heteroatoms. The molecule has 5 N–H and O–H groups in total. The van der Waals surface area contributed by atoms with Gasteiger partial charge in [0, 0.05) is 11.8 Å². The molecule has 2 unspecified atom stereocenters. The number of ether oxygens (including phenoxy) is 2. The largest absolute Gasteiger partial charge is 0.493 e. The Morgan fingerprint density at radius 3 is 2.30 bits per heavy atom. The third-order valence-electron chi connectivity index (χ3n) is 15.4. The van der Waals surface area contributed by atoms with E-state index in [2.05, 4.69) is 46.8 Å². The summed E-state index contributed by atoms with van der Waals surface area (Å²) in [6, 6.07) is 11.9. The lowest BCUT2D eigenvalue weighted by atomic mass is 9.42. The highest BCUT2D eigenvalue weighted by molar-refractivity contribution is 5.85. The molecule has 0 bridgehead atoms. The first kappa shape index (κ1) is 40.5. The van der Waals surface area contributed by atoms with E-state index >= 15 is 0 Å². The Balaban J connectivity index is 1.14. The maximum absolute atomic E-state index is 11.5. The summed E-state index contributed by atoms with van der Waals surface area (Å²) < 4.78 is 12.6. The van der Waals surface area contributed by atoms with Crippen molar-refractivity contribution in [2.45, 2.75) is 143 Å². The monoisotopic (exact) mass is 741 g/mol. The van der Waals surface area contributed by atoms with Gasteiger partial charge in [0.1, 0.15) is 11.5 Å². The van der Waals surface area contributed by atoms with Gasteiger partial charge in [-0.05, 0) is 183 Å². The predicted molar refractivity (Wildman–Crippen MR) is 224 cm³/mol. The van der Waals surface area contributed by atoms with E-state index in [-0.39, 0.29) is 5.41 Å². The van der Waals surface area contributed by atoms with Gasteiger partial charge in [-0.15, -0.1) is 0 Å². The van der Waals surface area contributed by atoms with Crippen LogP contribution >= 0.6 is 0 Å². The lowest BCUT2D eigenvalue weighted by molar-refractivity contribution is -0.131. The molecule has 298 valence electrons. The average Bonchev–Trinajstić information content (AvgIpc) is 3.49. The third-order valence-corrected chi connectivity index (χ3v) is 15.4. The van der Waals surface area contributed by atoms with Gasteiger partial charge in [-0.3, -0.25) is 0 Å². The molecule has 0 radical (unpaired) electrons. The number of carbonyl (C=O) groups is 1. The average molecular weight is 741 g/mol. The van der Waals surface area contributed by atoms with Crippen molar-refractivity contribution in [2.75, 3.05) is 24.7 Å². The molecule has 0 saturated heterocycles. The molecular weight excluding hydrogens is 669 g/mol. The van der Waals surface area contributed by atoms with E-state index < -0.39 is 5.97 Å². The van der Waals surface area contributed by atoms with Gasteiger partial charge in [0.15, 0.2) is 0 Å². The number of anilines is 2. The number of aliphatic carboxylic acids is 1. The molecule has 6 nitrogen and oxygen atoms in total. The lowest BCUT2D eigenvalue weighted by Crippen LogP contribution is -2.55. The Labute approximate surface area is 327 Å². The second-order valence-electron chi connectivity index (χ2n) is 18.9. The molecule has 9 atom stereocenters. The Morgan fingerprint density at radius 1 is 0.833 bits per heavy atom. The number of benzene rings is 2. The molecule has 0 spiro atoms. The first-order chi connectivity index (χ1) is 25.9. The molecule has 2 aromatic rings. The van der Waals surface area contributed by atoms with Crippen molar-refractivity contribution in [2.24, 2.45) is 52.3 Å². The van der Waals surface area contributed by atoms with Crippen LogP contribution in [0.15, 0.2) is 42.5 Å². The Morgan fingerprint density at radius 2 is 1.57 bits per heavy atom. The van der Waals surface area contributed by atoms with E-state index in [0.717, 1.165) is 78.4 Å². The van der Waals surface area contributed by atoms with E-state index in [1.54, 1.807) is 12.1 Å². The van der Waals surface area contributed by atoms with E-state index in [9.17, 15) is 9.90 Å². The number of nitrogen functional groups attached to an aromatic ring is 2. The first-order valence-electron chi connectivity index (χ1n) is 21.9. The number of hydrogen-bond donors (Lipinski definition) is 3. The minimum absolute atomic E-state index is 0.227. The smallest absolute Gasteiger partial charge is 0.328 e. The van der Waals surface area contributed by atoms with Gasteiger partial charge in [-0.25, -0.2) is 4.79 Å². The van der Waals surface area contributed by atoms with E-state index in [1.165, 1.54) is 88.7 Å². The maximum atomic E-state index is 11.5. The van der Waals surface area contributed by atoms with Gasteiger partial charge in [0.05, 0.1) is 18.9 Å². The van der Waals surface area contributed by atoms with Crippen LogP contribution < -0.4 is 20.9 Å². The molecule has 4 saturated carbocycles. The minimum atomic E-state index is -0.909. The Hall–Kier alpha value is -3.15. The highest BCUT2D eigenvalue weighted by Gasteiger charge is 2.62.